The van der Waals surface area contributed by atoms with Crippen molar-refractivity contribution in [3.8, 4) is 0 Å². The Balaban J connectivity index is 2.01. The highest BCUT2D eigenvalue weighted by molar-refractivity contribution is 5.90. The molecule has 6 heteroatoms. The van der Waals surface area contributed by atoms with Crippen LogP contribution in [-0.4, -0.2) is 15.6 Å². The molecule has 0 bridgehead atoms. The molecule has 0 aliphatic carbocycles. The second-order valence-corrected chi connectivity index (χ2v) is 6.99. The highest BCUT2D eigenvalue weighted by Crippen LogP contribution is 2.20. The van der Waals surface area contributed by atoms with Gasteiger partial charge in [-0.3, -0.25) is 15.0 Å². The van der Waals surface area contributed by atoms with Gasteiger partial charge in [0.15, 0.2) is 0 Å². The summed E-state index contributed by atoms with van der Waals surface area (Å²) in [6.45, 7) is 7.14. The number of rotatable bonds is 4. The SMILES string of the molecule is Cc1ccc(C(C)C(=O)Nn2c(C(C)C)nc3ccccc3c2=O)cc1F. The first-order valence-electron chi connectivity index (χ1n) is 8.88. The Morgan fingerprint density at radius 2 is 1.85 bits per heavy atom. The lowest BCUT2D eigenvalue weighted by atomic mass is 9.99. The first kappa shape index (κ1) is 18.8. The fraction of sp³-hybridized carbons (Fsp3) is 0.286. The molecule has 1 aromatic heterocycles. The van der Waals surface area contributed by atoms with Crippen LogP contribution in [0.1, 0.15) is 49.6 Å². The van der Waals surface area contributed by atoms with E-state index in [1.807, 2.05) is 19.9 Å². The third-order valence-corrected chi connectivity index (χ3v) is 4.63. The number of hydrogen-bond donors (Lipinski definition) is 1. The van der Waals surface area contributed by atoms with Gasteiger partial charge in [-0.15, -0.1) is 0 Å². The van der Waals surface area contributed by atoms with E-state index in [0.29, 0.717) is 27.9 Å². The van der Waals surface area contributed by atoms with Crippen LogP contribution < -0.4 is 11.0 Å². The van der Waals surface area contributed by atoms with Crippen LogP contribution in [0.25, 0.3) is 10.9 Å². The molecule has 0 fully saturated rings. The van der Waals surface area contributed by atoms with Gasteiger partial charge in [-0.2, -0.15) is 0 Å². The maximum atomic E-state index is 13.8. The van der Waals surface area contributed by atoms with Crippen LogP contribution in [0.3, 0.4) is 0 Å². The predicted octanol–water partition coefficient (Wildman–Crippen LogP) is 3.84. The summed E-state index contributed by atoms with van der Waals surface area (Å²) < 4.78 is 15.0. The Morgan fingerprint density at radius 1 is 1.15 bits per heavy atom. The van der Waals surface area contributed by atoms with E-state index in [-0.39, 0.29) is 17.3 Å². The van der Waals surface area contributed by atoms with Crippen LogP contribution in [0.4, 0.5) is 4.39 Å². The quantitative estimate of drug-likeness (QED) is 0.762. The zero-order valence-corrected chi connectivity index (χ0v) is 15.8. The number of para-hydroxylation sites is 1. The van der Waals surface area contributed by atoms with Gasteiger partial charge in [0, 0.05) is 5.92 Å². The van der Waals surface area contributed by atoms with Crippen molar-refractivity contribution in [2.45, 2.75) is 39.5 Å². The lowest BCUT2D eigenvalue weighted by molar-refractivity contribution is -0.118. The number of nitrogens with one attached hydrogen (secondary N) is 1. The van der Waals surface area contributed by atoms with E-state index in [0.717, 1.165) is 0 Å². The van der Waals surface area contributed by atoms with Crippen LogP contribution >= 0.6 is 0 Å². The average molecular weight is 367 g/mol. The number of nitrogens with zero attached hydrogens (tertiary/aromatic N) is 2. The summed E-state index contributed by atoms with van der Waals surface area (Å²) in [5, 5.41) is 0.427. The smallest absolute Gasteiger partial charge is 0.273 e. The highest BCUT2D eigenvalue weighted by Gasteiger charge is 2.20. The van der Waals surface area contributed by atoms with E-state index in [4.69, 9.17) is 0 Å². The largest absolute Gasteiger partial charge is 0.280 e. The molecule has 0 aliphatic heterocycles. The number of carbonyl (C=O) groups excluding carboxylic acids is 1. The highest BCUT2D eigenvalue weighted by atomic mass is 19.1. The van der Waals surface area contributed by atoms with Crippen LogP contribution in [0.15, 0.2) is 47.3 Å². The van der Waals surface area contributed by atoms with Crippen molar-refractivity contribution in [2.24, 2.45) is 0 Å². The van der Waals surface area contributed by atoms with E-state index >= 15 is 0 Å². The molecule has 140 valence electrons. The molecule has 1 N–H and O–H groups in total. The van der Waals surface area contributed by atoms with Crippen molar-refractivity contribution in [3.05, 3.63) is 75.6 Å². The van der Waals surface area contributed by atoms with E-state index < -0.39 is 11.8 Å². The zero-order chi connectivity index (χ0) is 19.7. The molecule has 1 unspecified atom stereocenters. The molecule has 2 aromatic carbocycles. The molecule has 27 heavy (non-hydrogen) atoms. The molecule has 3 rings (SSSR count). The van der Waals surface area contributed by atoms with Crippen molar-refractivity contribution < 1.29 is 9.18 Å². The second-order valence-electron chi connectivity index (χ2n) is 6.99. The molecule has 0 aliphatic rings. The van der Waals surface area contributed by atoms with Gasteiger partial charge < -0.3 is 0 Å². The minimum absolute atomic E-state index is 0.0743. The van der Waals surface area contributed by atoms with Gasteiger partial charge >= 0.3 is 0 Å². The fourth-order valence-corrected chi connectivity index (χ4v) is 2.88. The number of carbonyl (C=O) groups is 1. The molecule has 0 saturated heterocycles. The Hall–Kier alpha value is -3.02. The Bertz CT molecular complexity index is 1070. The van der Waals surface area contributed by atoms with Gasteiger partial charge in [0.2, 0.25) is 5.91 Å². The molecule has 5 nitrogen and oxygen atoms in total. The van der Waals surface area contributed by atoms with Crippen LogP contribution in [-0.2, 0) is 4.79 Å². The molecule has 1 atom stereocenters. The maximum absolute atomic E-state index is 13.8. The molecule has 1 amide bonds. The number of aromatic nitrogens is 2. The Labute approximate surface area is 156 Å². The summed E-state index contributed by atoms with van der Waals surface area (Å²) in [5.41, 5.74) is 3.98. The third-order valence-electron chi connectivity index (χ3n) is 4.63. The normalized spacial score (nSPS) is 12.4. The minimum Gasteiger partial charge on any atom is -0.273 e. The molecule has 0 spiro atoms. The second kappa shape index (κ2) is 7.31. The van der Waals surface area contributed by atoms with Gasteiger partial charge in [-0.1, -0.05) is 38.1 Å². The van der Waals surface area contributed by atoms with Crippen molar-refractivity contribution in [1.29, 1.82) is 0 Å². The molecule has 0 radical (unpaired) electrons. The molecule has 0 saturated carbocycles. The summed E-state index contributed by atoms with van der Waals surface area (Å²) in [6, 6.07) is 11.7. The Morgan fingerprint density at radius 3 is 2.52 bits per heavy atom. The summed E-state index contributed by atoms with van der Waals surface area (Å²) in [5.74, 6) is -0.999. The number of fused-ring (bicyclic) bond motifs is 1. The van der Waals surface area contributed by atoms with Crippen LogP contribution in [0, 0.1) is 12.7 Å². The maximum Gasteiger partial charge on any atom is 0.280 e. The van der Waals surface area contributed by atoms with Crippen LogP contribution in [0.5, 0.6) is 0 Å². The number of amides is 1. The van der Waals surface area contributed by atoms with Crippen LogP contribution in [0.2, 0.25) is 0 Å². The first-order chi connectivity index (χ1) is 12.8. The van der Waals surface area contributed by atoms with E-state index in [9.17, 15) is 14.0 Å². The first-order valence-corrected chi connectivity index (χ1v) is 8.88. The van der Waals surface area contributed by atoms with E-state index in [1.165, 1.54) is 10.7 Å². The molecular weight excluding hydrogens is 345 g/mol. The van der Waals surface area contributed by atoms with Gasteiger partial charge in [-0.05, 0) is 43.2 Å². The van der Waals surface area contributed by atoms with E-state index in [2.05, 4.69) is 10.4 Å². The van der Waals surface area contributed by atoms with Gasteiger partial charge in [-0.25, -0.2) is 14.1 Å². The monoisotopic (exact) mass is 367 g/mol. The Kier molecular flexibility index (Phi) is 5.08. The van der Waals surface area contributed by atoms with Crippen molar-refractivity contribution >= 4 is 16.8 Å². The summed E-state index contributed by atoms with van der Waals surface area (Å²) in [7, 11) is 0. The fourth-order valence-electron chi connectivity index (χ4n) is 2.88. The number of aryl methyl sites for hydroxylation is 1. The van der Waals surface area contributed by atoms with E-state index in [1.54, 1.807) is 44.2 Å². The number of halogens is 1. The van der Waals surface area contributed by atoms with Gasteiger partial charge in [0.1, 0.15) is 11.6 Å². The van der Waals surface area contributed by atoms with Crippen molar-refractivity contribution in [2.75, 3.05) is 5.43 Å². The average Bonchev–Trinajstić information content (AvgIpc) is 2.65. The number of benzene rings is 2. The molecule has 1 heterocycles. The van der Waals surface area contributed by atoms with Crippen molar-refractivity contribution in [1.82, 2.24) is 9.66 Å². The van der Waals surface area contributed by atoms with Crippen molar-refractivity contribution in [3.63, 3.8) is 0 Å². The predicted molar refractivity (Wildman–Crippen MR) is 104 cm³/mol. The van der Waals surface area contributed by atoms with Gasteiger partial charge in [0.25, 0.3) is 5.56 Å². The number of hydrogen-bond acceptors (Lipinski definition) is 3. The topological polar surface area (TPSA) is 64.0 Å². The van der Waals surface area contributed by atoms with Gasteiger partial charge in [0.05, 0.1) is 16.8 Å². The lowest BCUT2D eigenvalue weighted by Gasteiger charge is -2.19. The molecule has 3 aromatic rings. The summed E-state index contributed by atoms with van der Waals surface area (Å²) in [6.07, 6.45) is 0. The third kappa shape index (κ3) is 3.60. The molecular formula is C21H22FN3O2. The summed E-state index contributed by atoms with van der Waals surface area (Å²) >= 11 is 0. The standard InChI is InChI=1S/C21H22FN3O2/c1-12(2)19-23-18-8-6-5-7-16(18)21(27)25(19)24-20(26)14(4)15-10-9-13(3)17(22)11-15/h5-12,14H,1-4H3,(H,24,26). The zero-order valence-electron chi connectivity index (χ0n) is 15.8. The lowest BCUT2D eigenvalue weighted by Crippen LogP contribution is -2.38. The summed E-state index contributed by atoms with van der Waals surface area (Å²) in [4.78, 5) is 30.2. The minimum atomic E-state index is -0.626.